The second-order valence-electron chi connectivity index (χ2n) is 5.48. The zero-order valence-electron chi connectivity index (χ0n) is 10.8. The van der Waals surface area contributed by atoms with Crippen LogP contribution in [0.15, 0.2) is 0 Å². The van der Waals surface area contributed by atoms with Gasteiger partial charge in [0, 0.05) is 11.3 Å². The van der Waals surface area contributed by atoms with Crippen molar-refractivity contribution < 1.29 is 0 Å². The third-order valence-electron chi connectivity index (χ3n) is 3.21. The van der Waals surface area contributed by atoms with Gasteiger partial charge in [-0.05, 0) is 53.2 Å². The lowest BCUT2D eigenvalue weighted by Crippen LogP contribution is -2.29. The van der Waals surface area contributed by atoms with Crippen molar-refractivity contribution in [1.29, 1.82) is 0 Å². The molecule has 0 atom stereocenters. The largest absolute Gasteiger partial charge is 0.306 e. The Hall–Kier alpha value is -0.480. The van der Waals surface area contributed by atoms with Gasteiger partial charge in [0.05, 0.1) is 0 Å². The van der Waals surface area contributed by atoms with E-state index in [1.165, 1.54) is 38.8 Å². The Morgan fingerprint density at radius 2 is 1.87 bits per heavy atom. The van der Waals surface area contributed by atoms with E-state index in [1.807, 2.05) is 0 Å². The predicted molar refractivity (Wildman–Crippen MR) is 66.7 cm³/mol. The topological polar surface area (TPSA) is 3.24 Å². The Balaban J connectivity index is 2.43. The van der Waals surface area contributed by atoms with Gasteiger partial charge in [-0.1, -0.05) is 25.2 Å². The van der Waals surface area contributed by atoms with Crippen LogP contribution in [0.2, 0.25) is 0 Å². The first-order valence-electron chi connectivity index (χ1n) is 6.25. The van der Waals surface area contributed by atoms with Crippen molar-refractivity contribution in [3.63, 3.8) is 0 Å². The summed E-state index contributed by atoms with van der Waals surface area (Å²) in [6.07, 6.45) is 4.96. The molecule has 0 aromatic rings. The predicted octanol–water partition coefficient (Wildman–Crippen LogP) is 3.16. The minimum Gasteiger partial charge on any atom is -0.306 e. The summed E-state index contributed by atoms with van der Waals surface area (Å²) in [5.41, 5.74) is 0.220. The molecule has 0 radical (unpaired) electrons. The lowest BCUT2D eigenvalue weighted by molar-refractivity contribution is 0.248. The molecule has 1 aliphatic heterocycles. The number of nitrogens with zero attached hydrogens (tertiary/aromatic N) is 1. The van der Waals surface area contributed by atoms with Gasteiger partial charge in [0.2, 0.25) is 0 Å². The molecule has 1 saturated heterocycles. The fraction of sp³-hybridized carbons (Fsp3) is 0.857. The van der Waals surface area contributed by atoms with Crippen LogP contribution in [0.1, 0.15) is 46.5 Å². The van der Waals surface area contributed by atoms with Gasteiger partial charge < -0.3 is 4.90 Å². The normalized spacial score (nSPS) is 19.7. The van der Waals surface area contributed by atoms with Crippen molar-refractivity contribution in [2.45, 2.75) is 46.5 Å². The van der Waals surface area contributed by atoms with E-state index in [1.54, 1.807) is 0 Å². The SMILES string of the molecule is CCCC(C)(C)C#CC1CCN(C)CC1. The first-order valence-corrected chi connectivity index (χ1v) is 6.25. The van der Waals surface area contributed by atoms with Crippen molar-refractivity contribution in [2.24, 2.45) is 11.3 Å². The standard InChI is InChI=1S/C14H25N/c1-5-9-14(2,3)10-6-13-7-11-15(4)12-8-13/h13H,5,7-9,11-12H2,1-4H3. The van der Waals surface area contributed by atoms with Crippen molar-refractivity contribution in [3.8, 4) is 11.8 Å². The van der Waals surface area contributed by atoms with E-state index in [9.17, 15) is 0 Å². The summed E-state index contributed by atoms with van der Waals surface area (Å²) in [7, 11) is 2.20. The maximum absolute atomic E-state index is 3.49. The van der Waals surface area contributed by atoms with E-state index in [4.69, 9.17) is 0 Å². The molecule has 0 aromatic carbocycles. The van der Waals surface area contributed by atoms with E-state index in [-0.39, 0.29) is 5.41 Å². The van der Waals surface area contributed by atoms with E-state index in [0.29, 0.717) is 5.92 Å². The molecule has 1 rings (SSSR count). The minimum atomic E-state index is 0.220. The fourth-order valence-corrected chi connectivity index (χ4v) is 2.14. The summed E-state index contributed by atoms with van der Waals surface area (Å²) in [4.78, 5) is 2.40. The molecule has 86 valence electrons. The molecule has 0 aromatic heterocycles. The molecular formula is C14H25N. The molecule has 1 heteroatoms. The smallest absolute Gasteiger partial charge is 0.0258 e. The van der Waals surface area contributed by atoms with Crippen molar-refractivity contribution >= 4 is 0 Å². The van der Waals surface area contributed by atoms with E-state index in [2.05, 4.69) is 44.6 Å². The van der Waals surface area contributed by atoms with Crippen LogP contribution in [-0.2, 0) is 0 Å². The molecule has 0 N–H and O–H groups in total. The van der Waals surface area contributed by atoms with Crippen LogP contribution in [0.25, 0.3) is 0 Å². The van der Waals surface area contributed by atoms with Gasteiger partial charge in [-0.3, -0.25) is 0 Å². The van der Waals surface area contributed by atoms with Gasteiger partial charge in [-0.25, -0.2) is 0 Å². The van der Waals surface area contributed by atoms with Crippen LogP contribution in [0.4, 0.5) is 0 Å². The molecule has 0 saturated carbocycles. The molecule has 0 unspecified atom stereocenters. The van der Waals surface area contributed by atoms with Crippen molar-refractivity contribution in [3.05, 3.63) is 0 Å². The molecule has 1 nitrogen and oxygen atoms in total. The zero-order valence-corrected chi connectivity index (χ0v) is 10.8. The molecule has 0 bridgehead atoms. The Kier molecular flexibility index (Phi) is 4.67. The number of likely N-dealkylation sites (tertiary alicyclic amines) is 1. The molecule has 15 heavy (non-hydrogen) atoms. The van der Waals surface area contributed by atoms with E-state index < -0.39 is 0 Å². The highest BCUT2D eigenvalue weighted by molar-refractivity contribution is 5.12. The van der Waals surface area contributed by atoms with Crippen LogP contribution in [-0.4, -0.2) is 25.0 Å². The van der Waals surface area contributed by atoms with Crippen LogP contribution in [0.5, 0.6) is 0 Å². The average molecular weight is 207 g/mol. The number of piperidine rings is 1. The summed E-state index contributed by atoms with van der Waals surface area (Å²) >= 11 is 0. The molecule has 1 aliphatic rings. The highest BCUT2D eigenvalue weighted by Crippen LogP contribution is 2.22. The van der Waals surface area contributed by atoms with Gasteiger partial charge in [0.25, 0.3) is 0 Å². The summed E-state index contributed by atoms with van der Waals surface area (Å²) in [6, 6.07) is 0. The number of hydrogen-bond donors (Lipinski definition) is 0. The quantitative estimate of drug-likeness (QED) is 0.629. The first kappa shape index (κ1) is 12.6. The third kappa shape index (κ3) is 4.71. The average Bonchev–Trinajstić information content (AvgIpc) is 2.17. The monoisotopic (exact) mass is 207 g/mol. The molecule has 0 spiro atoms. The first-order chi connectivity index (χ1) is 7.03. The number of rotatable bonds is 2. The molecule has 1 heterocycles. The highest BCUT2D eigenvalue weighted by atomic mass is 15.1. The van der Waals surface area contributed by atoms with E-state index in [0.717, 1.165) is 0 Å². The molecule has 0 aliphatic carbocycles. The Labute approximate surface area is 95.2 Å². The maximum Gasteiger partial charge on any atom is 0.0258 e. The number of hydrogen-bond acceptors (Lipinski definition) is 1. The Bertz CT molecular complexity index is 236. The highest BCUT2D eigenvalue weighted by Gasteiger charge is 2.16. The van der Waals surface area contributed by atoms with Gasteiger partial charge in [-0.2, -0.15) is 0 Å². The van der Waals surface area contributed by atoms with Crippen LogP contribution in [0, 0.1) is 23.2 Å². The minimum absolute atomic E-state index is 0.220. The summed E-state index contributed by atoms with van der Waals surface area (Å²) in [5, 5.41) is 0. The summed E-state index contributed by atoms with van der Waals surface area (Å²) in [6.45, 7) is 9.19. The van der Waals surface area contributed by atoms with Crippen LogP contribution >= 0.6 is 0 Å². The van der Waals surface area contributed by atoms with Gasteiger partial charge >= 0.3 is 0 Å². The second kappa shape index (κ2) is 5.56. The summed E-state index contributed by atoms with van der Waals surface area (Å²) < 4.78 is 0. The van der Waals surface area contributed by atoms with Gasteiger partial charge in [0.15, 0.2) is 0 Å². The maximum atomic E-state index is 3.49. The van der Waals surface area contributed by atoms with Gasteiger partial charge in [0.1, 0.15) is 0 Å². The lowest BCUT2D eigenvalue weighted by atomic mass is 9.87. The van der Waals surface area contributed by atoms with Crippen LogP contribution in [0.3, 0.4) is 0 Å². The molecule has 1 fully saturated rings. The van der Waals surface area contributed by atoms with E-state index >= 15 is 0 Å². The Morgan fingerprint density at radius 1 is 1.27 bits per heavy atom. The van der Waals surface area contributed by atoms with Gasteiger partial charge in [-0.15, -0.1) is 0 Å². The zero-order chi connectivity index (χ0) is 11.3. The van der Waals surface area contributed by atoms with Crippen LogP contribution < -0.4 is 0 Å². The fourth-order valence-electron chi connectivity index (χ4n) is 2.14. The summed E-state index contributed by atoms with van der Waals surface area (Å²) in [5.74, 6) is 7.62. The second-order valence-corrected chi connectivity index (χ2v) is 5.48. The third-order valence-corrected chi connectivity index (χ3v) is 3.21. The lowest BCUT2D eigenvalue weighted by Gasteiger charge is -2.26. The Morgan fingerprint density at radius 3 is 2.40 bits per heavy atom. The molecular weight excluding hydrogens is 182 g/mol. The van der Waals surface area contributed by atoms with Crippen molar-refractivity contribution in [1.82, 2.24) is 4.90 Å². The van der Waals surface area contributed by atoms with Crippen molar-refractivity contribution in [2.75, 3.05) is 20.1 Å². The molecule has 0 amide bonds.